The van der Waals surface area contributed by atoms with Gasteiger partial charge in [0.2, 0.25) is 0 Å². The number of ketones is 1. The van der Waals surface area contributed by atoms with Gasteiger partial charge < -0.3 is 15.4 Å². The summed E-state index contributed by atoms with van der Waals surface area (Å²) in [6.07, 6.45) is 3.28. The lowest BCUT2D eigenvalue weighted by Gasteiger charge is -2.27. The van der Waals surface area contributed by atoms with Gasteiger partial charge in [-0.05, 0) is 48.6 Å². The Hall–Kier alpha value is -2.66. The van der Waals surface area contributed by atoms with Crippen LogP contribution in [0.2, 0.25) is 0 Å². The number of nitrogens with zero attached hydrogens (tertiary/aromatic N) is 2. The molecule has 0 saturated carbocycles. The summed E-state index contributed by atoms with van der Waals surface area (Å²) in [7, 11) is 0. The Balaban J connectivity index is 1.71. The van der Waals surface area contributed by atoms with Gasteiger partial charge in [-0.25, -0.2) is 4.98 Å². The van der Waals surface area contributed by atoms with Crippen molar-refractivity contribution >= 4 is 23.4 Å². The van der Waals surface area contributed by atoms with Crippen molar-refractivity contribution in [1.82, 2.24) is 4.98 Å². The summed E-state index contributed by atoms with van der Waals surface area (Å²) >= 11 is 0. The van der Waals surface area contributed by atoms with E-state index in [0.717, 1.165) is 37.8 Å². The quantitative estimate of drug-likeness (QED) is 0.533. The number of carbonyl (C=O) groups is 1. The van der Waals surface area contributed by atoms with Crippen LogP contribution >= 0.6 is 0 Å². The van der Waals surface area contributed by atoms with E-state index < -0.39 is 0 Å². The first-order valence-electron chi connectivity index (χ1n) is 7.60. The standard InChI is InChI=1S/C18H19N3O2/c19-15-6-4-14(5-7-15)17(22)9-8-16-2-1-3-18(20-16)21-10-12-23-13-11-21/h1-9H,10-13,19H2. The summed E-state index contributed by atoms with van der Waals surface area (Å²) in [5.74, 6) is 0.846. The van der Waals surface area contributed by atoms with E-state index in [1.54, 1.807) is 30.3 Å². The average molecular weight is 309 g/mol. The molecule has 0 atom stereocenters. The summed E-state index contributed by atoms with van der Waals surface area (Å²) in [4.78, 5) is 18.9. The molecule has 1 fully saturated rings. The molecule has 0 unspecified atom stereocenters. The number of rotatable bonds is 4. The van der Waals surface area contributed by atoms with Gasteiger partial charge in [-0.1, -0.05) is 6.07 Å². The van der Waals surface area contributed by atoms with Gasteiger partial charge in [-0.15, -0.1) is 0 Å². The zero-order valence-electron chi connectivity index (χ0n) is 12.8. The lowest BCUT2D eigenvalue weighted by molar-refractivity contribution is 0.104. The third kappa shape index (κ3) is 3.96. The molecule has 0 spiro atoms. The number of morpholine rings is 1. The minimum Gasteiger partial charge on any atom is -0.399 e. The molecule has 0 amide bonds. The highest BCUT2D eigenvalue weighted by Crippen LogP contribution is 2.14. The van der Waals surface area contributed by atoms with Gasteiger partial charge >= 0.3 is 0 Å². The van der Waals surface area contributed by atoms with Crippen LogP contribution in [0.15, 0.2) is 48.5 Å². The van der Waals surface area contributed by atoms with Crippen molar-refractivity contribution in [2.45, 2.75) is 0 Å². The number of benzene rings is 1. The molecule has 118 valence electrons. The third-order valence-corrected chi connectivity index (χ3v) is 3.69. The number of nitrogens with two attached hydrogens (primary N) is 1. The topological polar surface area (TPSA) is 68.5 Å². The fraction of sp³-hybridized carbons (Fsp3) is 0.222. The summed E-state index contributed by atoms with van der Waals surface area (Å²) in [5, 5.41) is 0. The number of anilines is 2. The lowest BCUT2D eigenvalue weighted by atomic mass is 10.1. The van der Waals surface area contributed by atoms with Gasteiger partial charge in [0.25, 0.3) is 0 Å². The van der Waals surface area contributed by atoms with E-state index in [1.165, 1.54) is 6.08 Å². The first kappa shape index (κ1) is 15.2. The highest BCUT2D eigenvalue weighted by Gasteiger charge is 2.12. The number of carbonyl (C=O) groups excluding carboxylic acids is 1. The molecule has 3 rings (SSSR count). The molecular weight excluding hydrogens is 290 g/mol. The predicted molar refractivity (Wildman–Crippen MR) is 91.5 cm³/mol. The number of nitrogen functional groups attached to an aromatic ring is 1. The second kappa shape index (κ2) is 7.07. The van der Waals surface area contributed by atoms with E-state index in [0.29, 0.717) is 11.3 Å². The zero-order valence-corrected chi connectivity index (χ0v) is 12.8. The number of hydrogen-bond donors (Lipinski definition) is 1. The van der Waals surface area contributed by atoms with Crippen LogP contribution in [-0.2, 0) is 4.74 Å². The van der Waals surface area contributed by atoms with Crippen LogP contribution < -0.4 is 10.6 Å². The largest absolute Gasteiger partial charge is 0.399 e. The third-order valence-electron chi connectivity index (χ3n) is 3.69. The summed E-state index contributed by atoms with van der Waals surface area (Å²) in [6, 6.07) is 12.7. The zero-order chi connectivity index (χ0) is 16.1. The minimum atomic E-state index is -0.0661. The summed E-state index contributed by atoms with van der Waals surface area (Å²) in [6.45, 7) is 3.11. The highest BCUT2D eigenvalue weighted by molar-refractivity contribution is 6.06. The van der Waals surface area contributed by atoms with E-state index in [-0.39, 0.29) is 5.78 Å². The van der Waals surface area contributed by atoms with Crippen LogP contribution in [0.4, 0.5) is 11.5 Å². The Morgan fingerprint density at radius 3 is 2.61 bits per heavy atom. The monoisotopic (exact) mass is 309 g/mol. The van der Waals surface area contributed by atoms with Crippen LogP contribution in [-0.4, -0.2) is 37.1 Å². The molecule has 1 saturated heterocycles. The highest BCUT2D eigenvalue weighted by atomic mass is 16.5. The Kier molecular flexibility index (Phi) is 4.68. The normalized spacial score (nSPS) is 15.0. The van der Waals surface area contributed by atoms with Gasteiger partial charge in [0.15, 0.2) is 5.78 Å². The summed E-state index contributed by atoms with van der Waals surface area (Å²) < 4.78 is 5.35. The maximum atomic E-state index is 12.1. The second-order valence-electron chi connectivity index (χ2n) is 5.34. The first-order valence-corrected chi connectivity index (χ1v) is 7.60. The Morgan fingerprint density at radius 2 is 1.87 bits per heavy atom. The average Bonchev–Trinajstić information content (AvgIpc) is 2.61. The van der Waals surface area contributed by atoms with E-state index in [1.807, 2.05) is 18.2 Å². The fourth-order valence-corrected chi connectivity index (χ4v) is 2.41. The molecule has 5 nitrogen and oxygen atoms in total. The van der Waals surface area contributed by atoms with Crippen LogP contribution in [0.3, 0.4) is 0 Å². The van der Waals surface area contributed by atoms with Crippen molar-refractivity contribution in [1.29, 1.82) is 0 Å². The number of aromatic nitrogens is 1. The fourth-order valence-electron chi connectivity index (χ4n) is 2.41. The Morgan fingerprint density at radius 1 is 1.13 bits per heavy atom. The van der Waals surface area contributed by atoms with E-state index in [2.05, 4.69) is 9.88 Å². The molecule has 0 bridgehead atoms. The van der Waals surface area contributed by atoms with E-state index >= 15 is 0 Å². The van der Waals surface area contributed by atoms with Gasteiger partial charge in [0, 0.05) is 24.3 Å². The maximum absolute atomic E-state index is 12.1. The van der Waals surface area contributed by atoms with Crippen molar-refractivity contribution in [3.63, 3.8) is 0 Å². The maximum Gasteiger partial charge on any atom is 0.185 e. The van der Waals surface area contributed by atoms with Gasteiger partial charge in [-0.2, -0.15) is 0 Å². The molecule has 2 N–H and O–H groups in total. The molecule has 1 aromatic carbocycles. The van der Waals surface area contributed by atoms with Gasteiger partial charge in [0.05, 0.1) is 18.9 Å². The van der Waals surface area contributed by atoms with Crippen LogP contribution in [0.5, 0.6) is 0 Å². The summed E-state index contributed by atoms with van der Waals surface area (Å²) in [5.41, 5.74) is 7.64. The van der Waals surface area contributed by atoms with Crippen molar-refractivity contribution in [3.8, 4) is 0 Å². The molecule has 2 heterocycles. The van der Waals surface area contributed by atoms with Crippen molar-refractivity contribution in [3.05, 3.63) is 59.8 Å². The number of allylic oxidation sites excluding steroid dienone is 1. The second-order valence-corrected chi connectivity index (χ2v) is 5.34. The predicted octanol–water partition coefficient (Wildman–Crippen LogP) is 2.40. The Bertz CT molecular complexity index is 704. The van der Waals surface area contributed by atoms with Gasteiger partial charge in [0.1, 0.15) is 5.82 Å². The van der Waals surface area contributed by atoms with Crippen molar-refractivity contribution < 1.29 is 9.53 Å². The Labute approximate surface area is 135 Å². The molecule has 1 aliphatic rings. The van der Waals surface area contributed by atoms with Crippen molar-refractivity contribution in [2.75, 3.05) is 36.9 Å². The van der Waals surface area contributed by atoms with Crippen LogP contribution in [0, 0.1) is 0 Å². The molecule has 0 aliphatic carbocycles. The van der Waals surface area contributed by atoms with Crippen molar-refractivity contribution in [2.24, 2.45) is 0 Å². The van der Waals surface area contributed by atoms with E-state index in [9.17, 15) is 4.79 Å². The smallest absolute Gasteiger partial charge is 0.185 e. The molecule has 1 aliphatic heterocycles. The first-order chi connectivity index (χ1) is 11.2. The number of pyridine rings is 1. The molecular formula is C18H19N3O2. The molecule has 1 aromatic heterocycles. The molecule has 0 radical (unpaired) electrons. The molecule has 23 heavy (non-hydrogen) atoms. The van der Waals surface area contributed by atoms with Crippen LogP contribution in [0.25, 0.3) is 6.08 Å². The molecule has 5 heteroatoms. The molecule has 2 aromatic rings. The van der Waals surface area contributed by atoms with Crippen LogP contribution in [0.1, 0.15) is 16.1 Å². The number of ether oxygens (including phenoxy) is 1. The van der Waals surface area contributed by atoms with E-state index in [4.69, 9.17) is 10.5 Å². The number of hydrogen-bond acceptors (Lipinski definition) is 5. The SMILES string of the molecule is Nc1ccc(C(=O)C=Cc2cccc(N3CCOCC3)n2)cc1. The lowest BCUT2D eigenvalue weighted by Crippen LogP contribution is -2.36. The minimum absolute atomic E-state index is 0.0661. The van der Waals surface area contributed by atoms with Gasteiger partial charge in [-0.3, -0.25) is 4.79 Å².